The van der Waals surface area contributed by atoms with Crippen molar-refractivity contribution in [1.82, 2.24) is 16.0 Å². The molecule has 0 aromatic rings. The summed E-state index contributed by atoms with van der Waals surface area (Å²) in [6.45, 7) is 16.4. The fraction of sp³-hybridized carbons (Fsp3) is 0.500. The van der Waals surface area contributed by atoms with Crippen LogP contribution in [-0.4, -0.2) is 113 Å². The van der Waals surface area contributed by atoms with Crippen molar-refractivity contribution < 1.29 is 48.5 Å². The average molecular weight is 723 g/mol. The summed E-state index contributed by atoms with van der Waals surface area (Å²) in [4.78, 5) is 75.2. The molecule has 0 heterocycles. The predicted molar refractivity (Wildman–Crippen MR) is 191 cm³/mol. The average Bonchev–Trinajstić information content (AvgIpc) is 3.02. The fourth-order valence-electron chi connectivity index (χ4n) is 2.36. The fourth-order valence-corrected chi connectivity index (χ4v) is 3.77. The third-order valence-corrected chi connectivity index (χ3v) is 6.96. The van der Waals surface area contributed by atoms with E-state index in [0.29, 0.717) is 41.9 Å². The van der Waals surface area contributed by atoms with Gasteiger partial charge in [-0.25, -0.2) is 14.4 Å². The van der Waals surface area contributed by atoms with Gasteiger partial charge in [-0.15, -0.1) is 0 Å². The summed E-state index contributed by atoms with van der Waals surface area (Å²) in [6.07, 6.45) is 9.32. The molecule has 0 aliphatic carbocycles. The van der Waals surface area contributed by atoms with E-state index in [2.05, 4.69) is 47.0 Å². The molecule has 0 radical (unpaired) electrons. The molecule has 14 nitrogen and oxygen atoms in total. The Morgan fingerprint density at radius 1 is 0.702 bits per heavy atom. The van der Waals surface area contributed by atoms with Gasteiger partial charge in [0.2, 0.25) is 23.6 Å². The van der Waals surface area contributed by atoms with Gasteiger partial charge >= 0.3 is 17.9 Å². The topological polar surface area (TPSA) is 231 Å². The molecule has 0 spiro atoms. The van der Waals surface area contributed by atoms with Crippen LogP contribution in [0.2, 0.25) is 0 Å². The van der Waals surface area contributed by atoms with Crippen molar-refractivity contribution in [3.05, 3.63) is 49.6 Å². The number of nitrogens with two attached hydrogens (primary N) is 1. The second-order valence-electron chi connectivity index (χ2n) is 9.03. The number of carboxylic acids is 2. The molecule has 0 rings (SSSR count). The number of carboxylic acid groups (broad SMARTS) is 2. The Balaban J connectivity index is -0.000000271. The summed E-state index contributed by atoms with van der Waals surface area (Å²) in [5.74, 6) is -1.89. The molecule has 0 bridgehead atoms. The molecule has 3 atom stereocenters. The molecule has 0 unspecified atom stereocenters. The Labute approximate surface area is 290 Å². The van der Waals surface area contributed by atoms with Crippen molar-refractivity contribution in [3.63, 3.8) is 0 Å². The van der Waals surface area contributed by atoms with Crippen molar-refractivity contribution in [2.45, 2.75) is 51.2 Å². The van der Waals surface area contributed by atoms with E-state index in [0.717, 1.165) is 17.9 Å². The van der Waals surface area contributed by atoms with E-state index in [4.69, 9.17) is 15.9 Å². The van der Waals surface area contributed by atoms with Gasteiger partial charge in [0.25, 0.3) is 0 Å². The second kappa shape index (κ2) is 32.2. The van der Waals surface area contributed by atoms with Crippen molar-refractivity contribution in [2.75, 3.05) is 43.1 Å². The minimum absolute atomic E-state index is 0.320. The molecule has 0 aromatic heterocycles. The number of hydrogen-bond donors (Lipinski definition) is 6. The monoisotopic (exact) mass is 722 g/mol. The highest BCUT2D eigenvalue weighted by atomic mass is 32.2. The van der Waals surface area contributed by atoms with Gasteiger partial charge in [0.1, 0.15) is 18.1 Å². The van der Waals surface area contributed by atoms with Gasteiger partial charge in [0, 0.05) is 11.1 Å². The number of carbonyl (C=O) groups excluding carboxylic acids is 5. The van der Waals surface area contributed by atoms with Gasteiger partial charge in [-0.05, 0) is 81.3 Å². The molecule has 0 saturated heterocycles. The number of esters is 1. The van der Waals surface area contributed by atoms with E-state index in [9.17, 15) is 33.6 Å². The maximum Gasteiger partial charge on any atom is 0.328 e. The van der Waals surface area contributed by atoms with Crippen LogP contribution in [0, 0.1) is 0 Å². The molecule has 0 aromatic carbocycles. The Morgan fingerprint density at radius 2 is 1.02 bits per heavy atom. The highest BCUT2D eigenvalue weighted by molar-refractivity contribution is 7.98. The molecule has 0 aliphatic heterocycles. The standard InChI is InChI=1S/2C9H15NO3S.C8H13NO3S.C4H7NO/c1-6(2)8(11)10-7(9(12)13)4-5-14-3;1-4-8(11)10-7(5-6-14-3)9(12)13-2;1-3-7(10)9-6(8(11)12)4-5-13-2;1-3(2)4(5)6/h7H,1,4-5H2,2-3H3,(H,10,11)(H,12,13);4,7H,1,5-6H2,2-3H3,(H,10,11);3,6H,1,4-5H2,2H3,(H,9,10)(H,11,12);1H2,2H3,(H2,5,6)/t2*7-;6-;/m000./s1. The molecule has 4 amide bonds. The van der Waals surface area contributed by atoms with E-state index in [1.165, 1.54) is 7.11 Å². The van der Waals surface area contributed by atoms with E-state index in [-0.39, 0.29) is 5.91 Å². The third kappa shape index (κ3) is 32.0. The second-order valence-corrected chi connectivity index (χ2v) is 12.0. The van der Waals surface area contributed by atoms with Crippen LogP contribution >= 0.6 is 35.3 Å². The van der Waals surface area contributed by atoms with Crippen LogP contribution in [-0.2, 0) is 38.3 Å². The first-order valence-corrected chi connectivity index (χ1v) is 17.9. The Hall–Kier alpha value is -3.70. The molecule has 0 aliphatic rings. The van der Waals surface area contributed by atoms with Gasteiger partial charge in [0.05, 0.1) is 7.11 Å². The number of ether oxygens (including phenoxy) is 1. The van der Waals surface area contributed by atoms with E-state index in [1.54, 1.807) is 49.1 Å². The lowest BCUT2D eigenvalue weighted by Gasteiger charge is -2.14. The summed E-state index contributed by atoms with van der Waals surface area (Å²) in [5, 5.41) is 24.7. The van der Waals surface area contributed by atoms with Gasteiger partial charge in [-0.3, -0.25) is 19.2 Å². The maximum atomic E-state index is 11.2. The SMILES string of the molecule is C=C(C)C(=O)N[C@@H](CCSC)C(=O)O.C=C(C)C(N)=O.C=CC(=O)N[C@@H](CCSC)C(=O)O.C=CC(=O)N[C@@H](CCSC)C(=O)OC. The number of nitrogens with one attached hydrogen (secondary N) is 3. The van der Waals surface area contributed by atoms with Crippen LogP contribution in [0.1, 0.15) is 33.1 Å². The van der Waals surface area contributed by atoms with Crippen LogP contribution in [0.15, 0.2) is 49.6 Å². The number of aliphatic carboxylic acids is 2. The van der Waals surface area contributed by atoms with Crippen LogP contribution in [0.25, 0.3) is 0 Å². The first kappa shape index (κ1) is 50.2. The molecular weight excluding hydrogens is 673 g/mol. The first-order valence-electron chi connectivity index (χ1n) is 13.7. The molecule has 7 N–H and O–H groups in total. The van der Waals surface area contributed by atoms with Gasteiger partial charge < -0.3 is 36.6 Å². The number of carbonyl (C=O) groups is 7. The Bertz CT molecular complexity index is 1060. The maximum absolute atomic E-state index is 11.2. The summed E-state index contributed by atoms with van der Waals surface area (Å²) in [5.41, 5.74) is 5.41. The minimum atomic E-state index is -1.01. The lowest BCUT2D eigenvalue weighted by atomic mass is 10.2. The number of methoxy groups -OCH3 is 1. The molecule has 0 fully saturated rings. The highest BCUT2D eigenvalue weighted by Crippen LogP contribution is 2.03. The zero-order valence-electron chi connectivity index (χ0n) is 27.9. The van der Waals surface area contributed by atoms with Crippen LogP contribution < -0.4 is 21.7 Å². The largest absolute Gasteiger partial charge is 0.480 e. The summed E-state index contributed by atoms with van der Waals surface area (Å²) < 4.78 is 4.56. The lowest BCUT2D eigenvalue weighted by Crippen LogP contribution is -2.41. The van der Waals surface area contributed by atoms with Crippen molar-refractivity contribution in [1.29, 1.82) is 0 Å². The molecule has 47 heavy (non-hydrogen) atoms. The highest BCUT2D eigenvalue weighted by Gasteiger charge is 2.20. The molecule has 268 valence electrons. The minimum Gasteiger partial charge on any atom is -0.480 e. The van der Waals surface area contributed by atoms with Crippen molar-refractivity contribution in [2.24, 2.45) is 5.73 Å². The van der Waals surface area contributed by atoms with E-state index in [1.807, 2.05) is 18.8 Å². The third-order valence-electron chi connectivity index (χ3n) is 5.03. The smallest absolute Gasteiger partial charge is 0.328 e. The van der Waals surface area contributed by atoms with Crippen LogP contribution in [0.4, 0.5) is 0 Å². The number of thioether (sulfide) groups is 3. The first-order chi connectivity index (χ1) is 21.9. The van der Waals surface area contributed by atoms with Gasteiger partial charge in [-0.1, -0.05) is 26.3 Å². The predicted octanol–water partition coefficient (Wildman–Crippen LogP) is 2.01. The Kier molecular flexibility index (Phi) is 34.4. The lowest BCUT2D eigenvalue weighted by molar-refractivity contribution is -0.144. The zero-order chi connectivity index (χ0) is 37.5. The number of amides is 4. The quantitative estimate of drug-likeness (QED) is 0.0829. The van der Waals surface area contributed by atoms with Crippen LogP contribution in [0.5, 0.6) is 0 Å². The molecule has 17 heteroatoms. The number of hydrogen-bond acceptors (Lipinski definition) is 11. The Morgan fingerprint density at radius 3 is 1.28 bits per heavy atom. The van der Waals surface area contributed by atoms with E-state index >= 15 is 0 Å². The number of primary amides is 1. The van der Waals surface area contributed by atoms with Gasteiger partial charge in [0.15, 0.2) is 0 Å². The van der Waals surface area contributed by atoms with Crippen LogP contribution in [0.3, 0.4) is 0 Å². The molecule has 0 saturated carbocycles. The zero-order valence-corrected chi connectivity index (χ0v) is 30.4. The number of rotatable bonds is 19. The van der Waals surface area contributed by atoms with E-state index < -0.39 is 53.8 Å². The van der Waals surface area contributed by atoms with Gasteiger partial charge in [-0.2, -0.15) is 35.3 Å². The summed E-state index contributed by atoms with van der Waals surface area (Å²) in [6, 6.07) is -2.19. The summed E-state index contributed by atoms with van der Waals surface area (Å²) >= 11 is 4.69. The summed E-state index contributed by atoms with van der Waals surface area (Å²) in [7, 11) is 1.30. The van der Waals surface area contributed by atoms with Crippen molar-refractivity contribution >= 4 is 76.8 Å². The van der Waals surface area contributed by atoms with Crippen molar-refractivity contribution in [3.8, 4) is 0 Å². The molecular formula is C30H50N4O10S3. The normalized spacial score (nSPS) is 11.2.